The third kappa shape index (κ3) is 0.520. The maximum atomic E-state index is 1.70. The summed E-state index contributed by atoms with van der Waals surface area (Å²) in [5.41, 5.74) is 0.994. The van der Waals surface area contributed by atoms with Crippen molar-refractivity contribution in [2.75, 3.05) is 0 Å². The van der Waals surface area contributed by atoms with Crippen LogP contribution in [-0.4, -0.2) is 0 Å². The molecular formula is C20H24. The Balaban J connectivity index is 1.12. The summed E-state index contributed by atoms with van der Waals surface area (Å²) in [5, 5.41) is 0. The second-order valence-corrected chi connectivity index (χ2v) is 10.9. The smallest absolute Gasteiger partial charge is 0.0227 e. The van der Waals surface area contributed by atoms with Gasteiger partial charge in [-0.05, 0) is 120 Å². The molecule has 10 rings (SSSR count). The largest absolute Gasteiger partial charge is 0.0496 e. The normalized spacial score (nSPS) is 91.2. The Hall–Kier alpha value is 0. The Labute approximate surface area is 121 Å². The van der Waals surface area contributed by atoms with Crippen LogP contribution in [0.5, 0.6) is 0 Å². The first-order valence-electron chi connectivity index (χ1n) is 9.92. The minimum atomic E-state index is 0.994. The lowest BCUT2D eigenvalue weighted by atomic mass is 9.09. The number of hydrogen-bond acceptors (Lipinski definition) is 0. The number of hydrogen-bond donors (Lipinski definition) is 0. The molecule has 10 saturated carbocycles. The van der Waals surface area contributed by atoms with Gasteiger partial charge in [0.2, 0.25) is 0 Å². The van der Waals surface area contributed by atoms with Gasteiger partial charge in [0.15, 0.2) is 0 Å². The van der Waals surface area contributed by atoms with E-state index in [4.69, 9.17) is 0 Å². The minimum Gasteiger partial charge on any atom is -0.0496 e. The molecule has 0 heterocycles. The van der Waals surface area contributed by atoms with E-state index in [-0.39, 0.29) is 0 Å². The number of rotatable bonds is 0. The highest BCUT2D eigenvalue weighted by Crippen LogP contribution is 2.96. The molecular weight excluding hydrogens is 240 g/mol. The van der Waals surface area contributed by atoms with Crippen molar-refractivity contribution in [2.45, 2.75) is 32.1 Å². The zero-order valence-corrected chi connectivity index (χ0v) is 12.1. The monoisotopic (exact) mass is 264 g/mol. The zero-order valence-electron chi connectivity index (χ0n) is 12.1. The molecule has 0 saturated heterocycles. The van der Waals surface area contributed by atoms with Crippen molar-refractivity contribution in [3.63, 3.8) is 0 Å². The van der Waals surface area contributed by atoms with E-state index in [0.29, 0.717) is 0 Å². The van der Waals surface area contributed by atoms with E-state index in [0.717, 1.165) is 5.41 Å². The first-order chi connectivity index (χ1) is 9.92. The third-order valence-corrected chi connectivity index (χ3v) is 12.0. The molecule has 0 amide bonds. The zero-order chi connectivity index (χ0) is 12.1. The molecule has 0 aromatic heterocycles. The van der Waals surface area contributed by atoms with Crippen molar-refractivity contribution in [3.05, 3.63) is 0 Å². The maximum Gasteiger partial charge on any atom is -0.0227 e. The second-order valence-electron chi connectivity index (χ2n) is 10.9. The quantitative estimate of drug-likeness (QED) is 0.586. The molecule has 0 nitrogen and oxygen atoms in total. The van der Waals surface area contributed by atoms with Crippen LogP contribution < -0.4 is 0 Å². The second kappa shape index (κ2) is 2.19. The molecule has 0 N–H and O–H groups in total. The highest BCUT2D eigenvalue weighted by molar-refractivity contribution is 5.39. The molecule has 2 bridgehead atoms. The topological polar surface area (TPSA) is 0 Å². The highest BCUT2D eigenvalue weighted by Gasteiger charge is 2.92. The van der Waals surface area contributed by atoms with E-state index in [1.54, 1.807) is 32.1 Å². The van der Waals surface area contributed by atoms with Crippen molar-refractivity contribution >= 4 is 0 Å². The molecule has 0 aromatic carbocycles. The highest BCUT2D eigenvalue weighted by atomic mass is 15.0. The summed E-state index contributed by atoms with van der Waals surface area (Å²) in [6.07, 6.45) is 8.30. The molecule has 10 fully saturated rings. The standard InChI is InChI=1S/C20H24/c1-2-8-7(1)9-10(8)12-11(9)13-14(12)16-15(13)17-18-6-3-4-20(18,5-6)19(16)17/h6-19H,1-5H2. The van der Waals surface area contributed by atoms with E-state index in [1.807, 2.05) is 0 Å². The molecule has 15 unspecified atom stereocenters. The van der Waals surface area contributed by atoms with Gasteiger partial charge in [0, 0.05) is 0 Å². The summed E-state index contributed by atoms with van der Waals surface area (Å²) in [7, 11) is 0. The van der Waals surface area contributed by atoms with Crippen molar-refractivity contribution in [2.24, 2.45) is 88.3 Å². The van der Waals surface area contributed by atoms with Gasteiger partial charge in [-0.25, -0.2) is 0 Å². The predicted octanol–water partition coefficient (Wildman–Crippen LogP) is 3.67. The van der Waals surface area contributed by atoms with Gasteiger partial charge in [0.25, 0.3) is 0 Å². The van der Waals surface area contributed by atoms with Crippen LogP contribution in [0.4, 0.5) is 0 Å². The summed E-state index contributed by atoms with van der Waals surface area (Å²) >= 11 is 0. The van der Waals surface area contributed by atoms with Gasteiger partial charge in [0.05, 0.1) is 0 Å². The Kier molecular flexibility index (Phi) is 1.01. The van der Waals surface area contributed by atoms with Crippen LogP contribution in [0.15, 0.2) is 0 Å². The van der Waals surface area contributed by atoms with Gasteiger partial charge in [-0.2, -0.15) is 0 Å². The molecule has 10 aliphatic rings. The molecule has 20 heavy (non-hydrogen) atoms. The first-order valence-corrected chi connectivity index (χ1v) is 9.92. The maximum absolute atomic E-state index is 1.70. The van der Waals surface area contributed by atoms with Crippen LogP contribution in [0.2, 0.25) is 0 Å². The average Bonchev–Trinajstić information content (AvgIpc) is 2.93. The molecule has 10 aliphatic carbocycles. The summed E-state index contributed by atoms with van der Waals surface area (Å²) in [4.78, 5) is 0. The summed E-state index contributed by atoms with van der Waals surface area (Å²) in [6.45, 7) is 0. The molecule has 1 spiro atoms. The Bertz CT molecular complexity index is 603. The van der Waals surface area contributed by atoms with Gasteiger partial charge in [0.1, 0.15) is 0 Å². The Morgan fingerprint density at radius 1 is 0.550 bits per heavy atom. The number of fused-ring (bicyclic) bond motifs is 17. The lowest BCUT2D eigenvalue weighted by Gasteiger charge is -2.95. The van der Waals surface area contributed by atoms with Crippen LogP contribution in [0, 0.1) is 88.3 Å². The van der Waals surface area contributed by atoms with E-state index in [2.05, 4.69) is 0 Å². The van der Waals surface area contributed by atoms with E-state index in [9.17, 15) is 0 Å². The molecule has 15 atom stereocenters. The predicted molar refractivity (Wildman–Crippen MR) is 74.4 cm³/mol. The molecule has 0 aromatic rings. The van der Waals surface area contributed by atoms with E-state index in [1.165, 1.54) is 82.9 Å². The van der Waals surface area contributed by atoms with Crippen molar-refractivity contribution in [1.82, 2.24) is 0 Å². The van der Waals surface area contributed by atoms with Gasteiger partial charge in [-0.1, -0.05) is 0 Å². The summed E-state index contributed by atoms with van der Waals surface area (Å²) < 4.78 is 0. The lowest BCUT2D eigenvalue weighted by Crippen LogP contribution is -2.91. The molecule has 104 valence electrons. The van der Waals surface area contributed by atoms with Crippen LogP contribution in [0.25, 0.3) is 0 Å². The van der Waals surface area contributed by atoms with Gasteiger partial charge < -0.3 is 0 Å². The van der Waals surface area contributed by atoms with Gasteiger partial charge in [-0.15, -0.1) is 0 Å². The van der Waals surface area contributed by atoms with Crippen molar-refractivity contribution in [3.8, 4) is 0 Å². The van der Waals surface area contributed by atoms with E-state index >= 15 is 0 Å². The SMILES string of the molecule is C1CC23CC1C2C1C2C4C5C6C7CCC7C6C5C4C2C13. The van der Waals surface area contributed by atoms with Gasteiger partial charge in [-0.3, -0.25) is 0 Å². The molecule has 0 heteroatoms. The Morgan fingerprint density at radius 3 is 1.90 bits per heavy atom. The average molecular weight is 264 g/mol. The van der Waals surface area contributed by atoms with Crippen molar-refractivity contribution < 1.29 is 0 Å². The fourth-order valence-corrected chi connectivity index (χ4v) is 11.9. The van der Waals surface area contributed by atoms with Crippen molar-refractivity contribution in [1.29, 1.82) is 0 Å². The fourth-order valence-electron chi connectivity index (χ4n) is 11.9. The third-order valence-electron chi connectivity index (χ3n) is 12.0. The fraction of sp³-hybridized carbons (Fsp3) is 1.00. The molecule has 0 aliphatic heterocycles. The van der Waals surface area contributed by atoms with Gasteiger partial charge >= 0.3 is 0 Å². The first kappa shape index (κ1) is 9.21. The molecule has 0 radical (unpaired) electrons. The van der Waals surface area contributed by atoms with Crippen LogP contribution in [-0.2, 0) is 0 Å². The summed E-state index contributed by atoms with van der Waals surface area (Å²) in [6, 6.07) is 0. The van der Waals surface area contributed by atoms with E-state index < -0.39 is 0 Å². The van der Waals surface area contributed by atoms with Crippen LogP contribution in [0.3, 0.4) is 0 Å². The Morgan fingerprint density at radius 2 is 1.20 bits per heavy atom. The lowest BCUT2D eigenvalue weighted by molar-refractivity contribution is -0.481. The minimum absolute atomic E-state index is 0.994. The van der Waals surface area contributed by atoms with Crippen LogP contribution >= 0.6 is 0 Å². The summed E-state index contributed by atoms with van der Waals surface area (Å²) in [5.74, 6) is 18.1. The van der Waals surface area contributed by atoms with Crippen LogP contribution in [0.1, 0.15) is 32.1 Å².